The lowest BCUT2D eigenvalue weighted by molar-refractivity contribution is -0.137. The van der Waals surface area contributed by atoms with Crippen LogP contribution in [0.15, 0.2) is 47.5 Å². The minimum absolute atomic E-state index is 0.0267. The van der Waals surface area contributed by atoms with Crippen molar-refractivity contribution in [3.8, 4) is 0 Å². The third-order valence-electron chi connectivity index (χ3n) is 8.62. The Hall–Kier alpha value is -3.90. The fourth-order valence-electron chi connectivity index (χ4n) is 6.34. The molecule has 2 aliphatic heterocycles. The zero-order chi connectivity index (χ0) is 29.6. The summed E-state index contributed by atoms with van der Waals surface area (Å²) >= 11 is 0. The molecule has 1 N–H and O–H groups in total. The Morgan fingerprint density at radius 1 is 1.14 bits per heavy atom. The minimum Gasteiger partial charge on any atom is -0.481 e. The van der Waals surface area contributed by atoms with E-state index in [0.717, 1.165) is 53.5 Å². The molecule has 0 aliphatic carbocycles. The Bertz CT molecular complexity index is 1770. The van der Waals surface area contributed by atoms with Gasteiger partial charge in [0.2, 0.25) is 10.0 Å². The van der Waals surface area contributed by atoms with Gasteiger partial charge in [0.1, 0.15) is 16.2 Å². The standard InChI is InChI=1S/C30H35N7O4S/c1-4-37-26-13-11-22(20(3)29(26)33-34-37)23(16-28(38)39)24-12-10-19(2)25(32-24)18-35-17-21-8-5-6-15-36(21)30-27(42(35,40)41)9-7-14-31-30/h7,9-14,21,23H,4-6,8,15-18H2,1-3H3,(H,38,39)/t21-,23-/m0/s1. The van der Waals surface area contributed by atoms with Gasteiger partial charge in [-0.25, -0.2) is 18.1 Å². The number of hydrogen-bond donors (Lipinski definition) is 1. The van der Waals surface area contributed by atoms with E-state index in [1.165, 1.54) is 4.31 Å². The molecule has 12 heteroatoms. The SMILES string of the molecule is CCn1nnc2c(C)c([C@H](CC(=O)O)c3ccc(C)c(CN4C[C@@H]5CCCCN5c5ncccc5S4(=O)=O)n3)ccc21. The van der Waals surface area contributed by atoms with Crippen LogP contribution < -0.4 is 4.90 Å². The number of benzene rings is 1. The molecule has 0 amide bonds. The predicted molar refractivity (Wildman–Crippen MR) is 158 cm³/mol. The number of nitrogens with zero attached hydrogens (tertiary/aromatic N) is 7. The van der Waals surface area contributed by atoms with E-state index in [0.29, 0.717) is 30.3 Å². The number of hydrogen-bond acceptors (Lipinski definition) is 8. The Labute approximate surface area is 245 Å². The number of pyridine rings is 2. The van der Waals surface area contributed by atoms with Crippen molar-refractivity contribution < 1.29 is 18.3 Å². The van der Waals surface area contributed by atoms with Gasteiger partial charge in [0.25, 0.3) is 0 Å². The Morgan fingerprint density at radius 3 is 2.76 bits per heavy atom. The number of carboxylic acids is 1. The van der Waals surface area contributed by atoms with E-state index < -0.39 is 21.9 Å². The van der Waals surface area contributed by atoms with E-state index in [-0.39, 0.29) is 23.9 Å². The fourth-order valence-corrected chi connectivity index (χ4v) is 7.93. The first kappa shape index (κ1) is 28.2. The third-order valence-corrected chi connectivity index (χ3v) is 10.5. The van der Waals surface area contributed by atoms with Crippen molar-refractivity contribution in [3.05, 3.63) is 70.7 Å². The molecule has 42 heavy (non-hydrogen) atoms. The highest BCUT2D eigenvalue weighted by Gasteiger charge is 2.39. The van der Waals surface area contributed by atoms with Crippen molar-refractivity contribution >= 4 is 32.8 Å². The number of carbonyl (C=O) groups is 1. The summed E-state index contributed by atoms with van der Waals surface area (Å²) in [4.78, 5) is 23.9. The van der Waals surface area contributed by atoms with Crippen LogP contribution in [-0.4, -0.2) is 67.9 Å². The molecule has 6 rings (SSSR count). The van der Waals surface area contributed by atoms with Gasteiger partial charge in [0.15, 0.2) is 0 Å². The molecule has 0 saturated carbocycles. The zero-order valence-electron chi connectivity index (χ0n) is 24.1. The monoisotopic (exact) mass is 589 g/mol. The van der Waals surface area contributed by atoms with Gasteiger partial charge in [-0.1, -0.05) is 17.3 Å². The molecule has 0 bridgehead atoms. The number of carboxylic acid groups (broad SMARTS) is 1. The number of rotatable bonds is 7. The van der Waals surface area contributed by atoms with Gasteiger partial charge < -0.3 is 10.0 Å². The molecule has 220 valence electrons. The molecule has 1 aromatic carbocycles. The van der Waals surface area contributed by atoms with Crippen LogP contribution in [0.25, 0.3) is 11.0 Å². The van der Waals surface area contributed by atoms with Crippen LogP contribution in [0.5, 0.6) is 0 Å². The fraction of sp³-hybridized carbons (Fsp3) is 0.433. The molecule has 5 heterocycles. The first-order valence-corrected chi connectivity index (χ1v) is 15.9. The van der Waals surface area contributed by atoms with Crippen molar-refractivity contribution in [3.63, 3.8) is 0 Å². The Balaban J connectivity index is 1.40. The summed E-state index contributed by atoms with van der Waals surface area (Å²) in [7, 11) is -3.85. The van der Waals surface area contributed by atoms with Gasteiger partial charge in [-0.15, -0.1) is 5.10 Å². The number of aryl methyl sites for hydroxylation is 3. The van der Waals surface area contributed by atoms with E-state index in [1.807, 2.05) is 49.7 Å². The summed E-state index contributed by atoms with van der Waals surface area (Å²) in [5.74, 6) is -0.967. The lowest BCUT2D eigenvalue weighted by Gasteiger charge is -2.36. The molecule has 1 saturated heterocycles. The maximum absolute atomic E-state index is 14.0. The van der Waals surface area contributed by atoms with E-state index in [2.05, 4.69) is 20.2 Å². The minimum atomic E-state index is -3.85. The highest BCUT2D eigenvalue weighted by molar-refractivity contribution is 7.89. The van der Waals surface area contributed by atoms with Crippen LogP contribution >= 0.6 is 0 Å². The molecule has 0 radical (unpaired) electrons. The summed E-state index contributed by atoms with van der Waals surface area (Å²) < 4.78 is 31.3. The van der Waals surface area contributed by atoms with Crippen molar-refractivity contribution in [2.45, 2.75) is 76.4 Å². The molecule has 3 aromatic heterocycles. The number of piperidine rings is 1. The van der Waals surface area contributed by atoms with Gasteiger partial charge >= 0.3 is 5.97 Å². The topological polar surface area (TPSA) is 134 Å². The van der Waals surface area contributed by atoms with E-state index in [9.17, 15) is 18.3 Å². The van der Waals surface area contributed by atoms with Crippen LogP contribution in [0.3, 0.4) is 0 Å². The molecule has 0 unspecified atom stereocenters. The second kappa shape index (κ2) is 11.1. The van der Waals surface area contributed by atoms with Crippen molar-refractivity contribution in [1.82, 2.24) is 29.3 Å². The van der Waals surface area contributed by atoms with Crippen molar-refractivity contribution in [2.24, 2.45) is 0 Å². The van der Waals surface area contributed by atoms with Crippen LogP contribution in [0.2, 0.25) is 0 Å². The maximum atomic E-state index is 14.0. The summed E-state index contributed by atoms with van der Waals surface area (Å²) in [6, 6.07) is 10.9. The quantitative estimate of drug-likeness (QED) is 0.339. The summed E-state index contributed by atoms with van der Waals surface area (Å²) in [5, 5.41) is 18.5. The summed E-state index contributed by atoms with van der Waals surface area (Å²) in [6.45, 7) is 7.71. The number of anilines is 1. The third kappa shape index (κ3) is 4.92. The largest absolute Gasteiger partial charge is 0.481 e. The smallest absolute Gasteiger partial charge is 0.304 e. The second-order valence-corrected chi connectivity index (χ2v) is 13.1. The second-order valence-electron chi connectivity index (χ2n) is 11.2. The maximum Gasteiger partial charge on any atom is 0.304 e. The van der Waals surface area contributed by atoms with Gasteiger partial charge in [-0.2, -0.15) is 4.31 Å². The average Bonchev–Trinajstić information content (AvgIpc) is 3.38. The van der Waals surface area contributed by atoms with Gasteiger partial charge in [0.05, 0.1) is 24.2 Å². The normalized spacial score (nSPS) is 19.2. The predicted octanol–water partition coefficient (Wildman–Crippen LogP) is 4.03. The van der Waals surface area contributed by atoms with Crippen LogP contribution in [0.1, 0.15) is 66.6 Å². The lowest BCUT2D eigenvalue weighted by Crippen LogP contribution is -2.45. The molecule has 1 fully saturated rings. The van der Waals surface area contributed by atoms with E-state index in [1.54, 1.807) is 18.3 Å². The first-order chi connectivity index (χ1) is 20.2. The molecule has 4 aromatic rings. The summed E-state index contributed by atoms with van der Waals surface area (Å²) in [5.41, 5.74) is 5.33. The van der Waals surface area contributed by atoms with Gasteiger partial charge in [-0.3, -0.25) is 9.78 Å². The first-order valence-electron chi connectivity index (χ1n) is 14.4. The van der Waals surface area contributed by atoms with Gasteiger partial charge in [-0.05, 0) is 81.0 Å². The molecule has 11 nitrogen and oxygen atoms in total. The molecular weight excluding hydrogens is 554 g/mol. The summed E-state index contributed by atoms with van der Waals surface area (Å²) in [6.07, 6.45) is 4.41. The number of aliphatic carboxylic acids is 1. The lowest BCUT2D eigenvalue weighted by atomic mass is 9.88. The molecule has 0 spiro atoms. The van der Waals surface area contributed by atoms with Gasteiger partial charge in [0, 0.05) is 43.5 Å². The van der Waals surface area contributed by atoms with E-state index >= 15 is 0 Å². The Morgan fingerprint density at radius 2 is 1.98 bits per heavy atom. The number of fused-ring (bicyclic) bond motifs is 4. The number of aromatic nitrogens is 5. The average molecular weight is 590 g/mol. The molecule has 2 atom stereocenters. The highest BCUT2D eigenvalue weighted by atomic mass is 32.2. The van der Waals surface area contributed by atoms with Crippen LogP contribution in [0, 0.1) is 13.8 Å². The van der Waals surface area contributed by atoms with Crippen LogP contribution in [0.4, 0.5) is 5.82 Å². The highest BCUT2D eigenvalue weighted by Crippen LogP contribution is 2.37. The van der Waals surface area contributed by atoms with Crippen molar-refractivity contribution in [1.29, 1.82) is 0 Å². The van der Waals surface area contributed by atoms with Crippen molar-refractivity contribution in [2.75, 3.05) is 18.0 Å². The molecule has 2 aliphatic rings. The number of sulfonamides is 1. The van der Waals surface area contributed by atoms with E-state index in [4.69, 9.17) is 4.98 Å². The van der Waals surface area contributed by atoms with Crippen LogP contribution in [-0.2, 0) is 27.9 Å². The Kier molecular flexibility index (Phi) is 7.44. The zero-order valence-corrected chi connectivity index (χ0v) is 24.9. The molecular formula is C30H35N7O4S.